The molecule has 0 saturated heterocycles. The second-order valence-corrected chi connectivity index (χ2v) is 6.47. The zero-order valence-electron chi connectivity index (χ0n) is 12.4. The summed E-state index contributed by atoms with van der Waals surface area (Å²) < 4.78 is 0. The number of nitrogens with two attached hydrogens (primary N) is 1. The van der Waals surface area contributed by atoms with Crippen LogP contribution in [0.5, 0.6) is 0 Å². The zero-order chi connectivity index (χ0) is 16.7. The molecular weight excluding hydrogens is 332 g/mol. The number of carbonyl (C=O) groups is 2. The number of amides is 2. The van der Waals surface area contributed by atoms with E-state index in [4.69, 9.17) is 17.3 Å². The number of benzene rings is 2. The summed E-state index contributed by atoms with van der Waals surface area (Å²) in [6, 6.07) is 15.6. The van der Waals surface area contributed by atoms with Crippen LogP contribution in [-0.2, 0) is 9.59 Å². The number of thioether (sulfide) groups is 1. The molecule has 0 saturated carbocycles. The van der Waals surface area contributed by atoms with Gasteiger partial charge in [-0.05, 0) is 29.8 Å². The molecule has 2 amide bonds. The van der Waals surface area contributed by atoms with E-state index in [9.17, 15) is 9.59 Å². The minimum Gasteiger partial charge on any atom is -0.368 e. The minimum atomic E-state index is -0.802. The van der Waals surface area contributed by atoms with Crippen LogP contribution in [0.1, 0.15) is 18.0 Å². The summed E-state index contributed by atoms with van der Waals surface area (Å²) in [4.78, 5) is 24.6. The molecule has 3 N–H and O–H groups in total. The van der Waals surface area contributed by atoms with Gasteiger partial charge in [0.1, 0.15) is 6.04 Å². The molecule has 120 valence electrons. The van der Waals surface area contributed by atoms with Crippen molar-refractivity contribution in [3.8, 4) is 0 Å². The maximum absolute atomic E-state index is 12.0. The largest absolute Gasteiger partial charge is 0.368 e. The predicted molar refractivity (Wildman–Crippen MR) is 93.3 cm³/mol. The van der Waals surface area contributed by atoms with Gasteiger partial charge in [0, 0.05) is 22.1 Å². The van der Waals surface area contributed by atoms with Gasteiger partial charge in [-0.1, -0.05) is 41.9 Å². The van der Waals surface area contributed by atoms with E-state index < -0.39 is 11.9 Å². The van der Waals surface area contributed by atoms with Crippen LogP contribution in [0.2, 0.25) is 5.02 Å². The van der Waals surface area contributed by atoms with Crippen molar-refractivity contribution in [2.45, 2.75) is 17.4 Å². The van der Waals surface area contributed by atoms with Crippen molar-refractivity contribution in [2.75, 3.05) is 5.75 Å². The lowest BCUT2D eigenvalue weighted by molar-refractivity contribution is -0.127. The minimum absolute atomic E-state index is 0.209. The highest BCUT2D eigenvalue weighted by molar-refractivity contribution is 7.99. The first kappa shape index (κ1) is 17.4. The first-order valence-electron chi connectivity index (χ1n) is 7.08. The van der Waals surface area contributed by atoms with Crippen molar-refractivity contribution >= 4 is 35.2 Å². The first-order chi connectivity index (χ1) is 11.1. The van der Waals surface area contributed by atoms with Gasteiger partial charge < -0.3 is 11.1 Å². The van der Waals surface area contributed by atoms with Crippen LogP contribution in [0.15, 0.2) is 59.5 Å². The number of halogens is 1. The summed E-state index contributed by atoms with van der Waals surface area (Å²) >= 11 is 7.38. The lowest BCUT2D eigenvalue weighted by Gasteiger charge is -2.15. The molecule has 2 rings (SSSR count). The Kier molecular flexibility index (Phi) is 6.50. The fourth-order valence-corrected chi connectivity index (χ4v) is 2.97. The highest BCUT2D eigenvalue weighted by Crippen LogP contribution is 2.21. The van der Waals surface area contributed by atoms with Crippen molar-refractivity contribution in [1.29, 1.82) is 0 Å². The number of rotatable bonds is 7. The van der Waals surface area contributed by atoms with E-state index >= 15 is 0 Å². The van der Waals surface area contributed by atoms with Crippen LogP contribution in [0, 0.1) is 0 Å². The molecule has 2 aromatic rings. The van der Waals surface area contributed by atoms with Gasteiger partial charge in [0.2, 0.25) is 11.8 Å². The van der Waals surface area contributed by atoms with E-state index in [0.717, 1.165) is 4.90 Å². The van der Waals surface area contributed by atoms with Gasteiger partial charge >= 0.3 is 0 Å². The quantitative estimate of drug-likeness (QED) is 0.755. The monoisotopic (exact) mass is 348 g/mol. The normalized spacial score (nSPS) is 11.7. The molecule has 2 aromatic carbocycles. The number of nitrogens with one attached hydrogen (secondary N) is 1. The van der Waals surface area contributed by atoms with E-state index in [1.54, 1.807) is 36.0 Å². The maximum atomic E-state index is 12.0. The number of primary amides is 1. The zero-order valence-corrected chi connectivity index (χ0v) is 13.9. The van der Waals surface area contributed by atoms with Gasteiger partial charge in [-0.2, -0.15) is 0 Å². The van der Waals surface area contributed by atoms with Gasteiger partial charge in [0.15, 0.2) is 0 Å². The van der Waals surface area contributed by atoms with Gasteiger partial charge in [-0.15, -0.1) is 11.8 Å². The van der Waals surface area contributed by atoms with Crippen LogP contribution < -0.4 is 11.1 Å². The van der Waals surface area contributed by atoms with Gasteiger partial charge in [-0.25, -0.2) is 0 Å². The SMILES string of the molecule is NC(=O)C(NC(=O)CCSc1ccc(Cl)cc1)c1ccccc1. The van der Waals surface area contributed by atoms with Gasteiger partial charge in [0.05, 0.1) is 0 Å². The number of hydrogen-bond acceptors (Lipinski definition) is 3. The molecule has 0 aliphatic heterocycles. The third-order valence-electron chi connectivity index (χ3n) is 3.13. The summed E-state index contributed by atoms with van der Waals surface area (Å²) in [5.74, 6) is -0.178. The molecule has 0 fully saturated rings. The lowest BCUT2D eigenvalue weighted by Crippen LogP contribution is -2.37. The van der Waals surface area contributed by atoms with Crippen molar-refractivity contribution in [2.24, 2.45) is 5.73 Å². The van der Waals surface area contributed by atoms with E-state index in [-0.39, 0.29) is 5.91 Å². The molecule has 0 bridgehead atoms. The molecule has 0 heterocycles. The standard InChI is InChI=1S/C17H17ClN2O2S/c18-13-6-8-14(9-7-13)23-11-10-15(21)20-16(17(19)22)12-4-2-1-3-5-12/h1-9,16H,10-11H2,(H2,19,22)(H,20,21). The van der Waals surface area contributed by atoms with Crippen molar-refractivity contribution < 1.29 is 9.59 Å². The van der Waals surface area contributed by atoms with Crippen LogP contribution >= 0.6 is 23.4 Å². The van der Waals surface area contributed by atoms with E-state index in [1.165, 1.54) is 0 Å². The van der Waals surface area contributed by atoms with Crippen molar-refractivity contribution in [3.05, 3.63) is 65.2 Å². The smallest absolute Gasteiger partial charge is 0.244 e. The molecule has 0 aliphatic rings. The molecule has 23 heavy (non-hydrogen) atoms. The fraction of sp³-hybridized carbons (Fsp3) is 0.176. The molecule has 4 nitrogen and oxygen atoms in total. The Morgan fingerprint density at radius 3 is 2.35 bits per heavy atom. The third kappa shape index (κ3) is 5.62. The van der Waals surface area contributed by atoms with Crippen LogP contribution in [0.25, 0.3) is 0 Å². The maximum Gasteiger partial charge on any atom is 0.244 e. The topological polar surface area (TPSA) is 72.2 Å². The number of hydrogen-bond donors (Lipinski definition) is 2. The summed E-state index contributed by atoms with van der Waals surface area (Å²) in [5.41, 5.74) is 6.06. The van der Waals surface area contributed by atoms with Crippen LogP contribution in [0.3, 0.4) is 0 Å². The molecular formula is C17H17ClN2O2S. The summed E-state index contributed by atoms with van der Waals surface area (Å²) in [6.07, 6.45) is 0.296. The Labute approximate surface area is 144 Å². The molecule has 0 radical (unpaired) electrons. The van der Waals surface area contributed by atoms with E-state index in [0.29, 0.717) is 22.8 Å². The highest BCUT2D eigenvalue weighted by atomic mass is 35.5. The van der Waals surface area contributed by atoms with Gasteiger partial charge in [-0.3, -0.25) is 9.59 Å². The molecule has 0 aliphatic carbocycles. The first-order valence-corrected chi connectivity index (χ1v) is 8.44. The Hall–Kier alpha value is -1.98. The van der Waals surface area contributed by atoms with E-state index in [2.05, 4.69) is 5.32 Å². The molecule has 0 spiro atoms. The van der Waals surface area contributed by atoms with Crippen LogP contribution in [0.4, 0.5) is 0 Å². The number of carbonyl (C=O) groups excluding carboxylic acids is 2. The molecule has 0 aromatic heterocycles. The lowest BCUT2D eigenvalue weighted by atomic mass is 10.1. The molecule has 1 atom stereocenters. The fourth-order valence-electron chi connectivity index (χ4n) is 1.99. The Bertz CT molecular complexity index is 662. The Morgan fingerprint density at radius 2 is 1.74 bits per heavy atom. The van der Waals surface area contributed by atoms with Crippen LogP contribution in [-0.4, -0.2) is 17.6 Å². The average Bonchev–Trinajstić information content (AvgIpc) is 2.55. The summed E-state index contributed by atoms with van der Waals surface area (Å²) in [7, 11) is 0. The van der Waals surface area contributed by atoms with E-state index in [1.807, 2.05) is 30.3 Å². The average molecular weight is 349 g/mol. The molecule has 1 unspecified atom stereocenters. The molecule has 6 heteroatoms. The predicted octanol–water partition coefficient (Wildman–Crippen LogP) is 3.17. The van der Waals surface area contributed by atoms with Gasteiger partial charge in [0.25, 0.3) is 0 Å². The van der Waals surface area contributed by atoms with Crippen molar-refractivity contribution in [1.82, 2.24) is 5.32 Å². The Morgan fingerprint density at radius 1 is 1.09 bits per heavy atom. The second-order valence-electron chi connectivity index (χ2n) is 4.87. The highest BCUT2D eigenvalue weighted by Gasteiger charge is 2.19. The van der Waals surface area contributed by atoms with Crippen molar-refractivity contribution in [3.63, 3.8) is 0 Å². The third-order valence-corrected chi connectivity index (χ3v) is 4.40. The Balaban J connectivity index is 1.85. The summed E-state index contributed by atoms with van der Waals surface area (Å²) in [6.45, 7) is 0. The summed E-state index contributed by atoms with van der Waals surface area (Å²) in [5, 5.41) is 3.36. The second kappa shape index (κ2) is 8.60.